The van der Waals surface area contributed by atoms with Crippen LogP contribution < -0.4 is 5.32 Å². The zero-order valence-corrected chi connectivity index (χ0v) is 13.5. The molecule has 1 N–H and O–H groups in total. The Balaban J connectivity index is 1.78. The normalized spacial score (nSPS) is 18.6. The third-order valence-corrected chi connectivity index (χ3v) is 5.67. The number of hydrogen-bond acceptors (Lipinski definition) is 5. The van der Waals surface area contributed by atoms with Crippen molar-refractivity contribution in [2.45, 2.75) is 26.1 Å². The van der Waals surface area contributed by atoms with Crippen molar-refractivity contribution in [3.8, 4) is 0 Å². The van der Waals surface area contributed by atoms with Gasteiger partial charge in [0.05, 0.1) is 37.1 Å². The molecule has 9 heteroatoms. The van der Waals surface area contributed by atoms with E-state index in [0.717, 1.165) is 0 Å². The van der Waals surface area contributed by atoms with E-state index in [9.17, 15) is 13.2 Å². The van der Waals surface area contributed by atoms with Crippen LogP contribution >= 0.6 is 0 Å². The topological polar surface area (TPSA) is 97.4 Å². The Kier molecular flexibility index (Phi) is 4.22. The Morgan fingerprint density at radius 1 is 1.52 bits per heavy atom. The Morgan fingerprint density at radius 3 is 3.04 bits per heavy atom. The van der Waals surface area contributed by atoms with Crippen molar-refractivity contribution in [3.63, 3.8) is 0 Å². The lowest BCUT2D eigenvalue weighted by atomic mass is 10.2. The number of fused-ring (bicyclic) bond motifs is 1. The molecule has 0 unspecified atom stereocenters. The Hall–Kier alpha value is -2.13. The van der Waals surface area contributed by atoms with Gasteiger partial charge in [0.25, 0.3) is 0 Å². The molecule has 2 aromatic rings. The summed E-state index contributed by atoms with van der Waals surface area (Å²) >= 11 is 0. The molecule has 0 radical (unpaired) electrons. The third kappa shape index (κ3) is 3.15. The lowest BCUT2D eigenvalue weighted by molar-refractivity contribution is -0.125. The summed E-state index contributed by atoms with van der Waals surface area (Å²) in [5.41, 5.74) is 0.700. The zero-order valence-electron chi connectivity index (χ0n) is 12.7. The Bertz CT molecular complexity index is 782. The number of sulfonamides is 1. The minimum atomic E-state index is -3.37. The molecule has 2 aromatic heterocycles. The van der Waals surface area contributed by atoms with Gasteiger partial charge in [-0.15, -0.1) is 0 Å². The SMILES string of the molecule is CCS(=O)(=O)N1Cc2cncn2[C@H](C(=O)NCc2ccco2)C1. The Morgan fingerprint density at radius 2 is 2.35 bits per heavy atom. The van der Waals surface area contributed by atoms with Gasteiger partial charge in [0, 0.05) is 12.7 Å². The summed E-state index contributed by atoms with van der Waals surface area (Å²) in [6.45, 7) is 2.18. The highest BCUT2D eigenvalue weighted by Gasteiger charge is 2.34. The monoisotopic (exact) mass is 338 g/mol. The van der Waals surface area contributed by atoms with Crippen molar-refractivity contribution in [1.82, 2.24) is 19.2 Å². The first-order chi connectivity index (χ1) is 11.0. The van der Waals surface area contributed by atoms with Crippen LogP contribution in [0.25, 0.3) is 0 Å². The molecule has 124 valence electrons. The largest absolute Gasteiger partial charge is 0.467 e. The number of amides is 1. The van der Waals surface area contributed by atoms with Crippen molar-refractivity contribution >= 4 is 15.9 Å². The van der Waals surface area contributed by atoms with Gasteiger partial charge in [-0.1, -0.05) is 0 Å². The maximum atomic E-state index is 12.5. The first-order valence-electron chi connectivity index (χ1n) is 7.30. The van der Waals surface area contributed by atoms with Crippen molar-refractivity contribution in [1.29, 1.82) is 0 Å². The minimum Gasteiger partial charge on any atom is -0.467 e. The summed E-state index contributed by atoms with van der Waals surface area (Å²) in [6.07, 6.45) is 4.68. The molecule has 0 aliphatic carbocycles. The number of furan rings is 1. The molecule has 3 rings (SSSR count). The predicted octanol–water partition coefficient (Wildman–Crippen LogP) is 0.499. The number of hydrogen-bond donors (Lipinski definition) is 1. The minimum absolute atomic E-state index is 0.00186. The predicted molar refractivity (Wildman–Crippen MR) is 81.7 cm³/mol. The van der Waals surface area contributed by atoms with Gasteiger partial charge in [-0.25, -0.2) is 13.4 Å². The molecule has 0 saturated heterocycles. The first-order valence-corrected chi connectivity index (χ1v) is 8.91. The van der Waals surface area contributed by atoms with Crippen LogP contribution in [0.1, 0.15) is 24.4 Å². The van der Waals surface area contributed by atoms with Crippen molar-refractivity contribution in [3.05, 3.63) is 42.4 Å². The second-order valence-electron chi connectivity index (χ2n) is 5.30. The zero-order chi connectivity index (χ0) is 16.4. The number of aromatic nitrogens is 2. The number of rotatable bonds is 5. The summed E-state index contributed by atoms with van der Waals surface area (Å²) in [4.78, 5) is 16.5. The molecule has 8 nitrogen and oxygen atoms in total. The summed E-state index contributed by atoms with van der Waals surface area (Å²) in [5, 5.41) is 2.77. The van der Waals surface area contributed by atoms with Crippen LogP contribution in [0.3, 0.4) is 0 Å². The van der Waals surface area contributed by atoms with E-state index in [2.05, 4.69) is 10.3 Å². The number of imidazole rings is 1. The van der Waals surface area contributed by atoms with Crippen LogP contribution in [0, 0.1) is 0 Å². The van der Waals surface area contributed by atoms with E-state index in [0.29, 0.717) is 11.5 Å². The molecule has 1 aliphatic heterocycles. The van der Waals surface area contributed by atoms with E-state index < -0.39 is 16.1 Å². The maximum absolute atomic E-state index is 12.5. The fraction of sp³-hybridized carbons (Fsp3) is 0.429. The molecule has 3 heterocycles. The molecule has 1 atom stereocenters. The lowest BCUT2D eigenvalue weighted by Crippen LogP contribution is -2.46. The van der Waals surface area contributed by atoms with Gasteiger partial charge in [-0.05, 0) is 19.1 Å². The van der Waals surface area contributed by atoms with Crippen molar-refractivity contribution in [2.24, 2.45) is 0 Å². The van der Waals surface area contributed by atoms with Crippen molar-refractivity contribution in [2.75, 3.05) is 12.3 Å². The second kappa shape index (κ2) is 6.17. The van der Waals surface area contributed by atoms with E-state index in [1.165, 1.54) is 10.6 Å². The quantitative estimate of drug-likeness (QED) is 0.856. The van der Waals surface area contributed by atoms with Crippen molar-refractivity contribution < 1.29 is 17.6 Å². The van der Waals surface area contributed by atoms with Gasteiger partial charge in [0.2, 0.25) is 15.9 Å². The van der Waals surface area contributed by atoms with Gasteiger partial charge in [0.15, 0.2) is 0 Å². The van der Waals surface area contributed by atoms with Gasteiger partial charge in [0.1, 0.15) is 11.8 Å². The van der Waals surface area contributed by atoms with E-state index in [4.69, 9.17) is 4.42 Å². The van der Waals surface area contributed by atoms with Crippen LogP contribution in [0.15, 0.2) is 35.3 Å². The fourth-order valence-electron chi connectivity index (χ4n) is 2.57. The number of nitrogens with one attached hydrogen (secondary N) is 1. The summed E-state index contributed by atoms with van der Waals surface area (Å²) in [5.74, 6) is 0.372. The van der Waals surface area contributed by atoms with Crippen LogP contribution in [-0.4, -0.2) is 40.5 Å². The Labute approximate surface area is 134 Å². The van der Waals surface area contributed by atoms with E-state index in [1.54, 1.807) is 36.1 Å². The third-order valence-electron chi connectivity index (χ3n) is 3.87. The molecule has 0 spiro atoms. The van der Waals surface area contributed by atoms with E-state index >= 15 is 0 Å². The van der Waals surface area contributed by atoms with Gasteiger partial charge in [-0.2, -0.15) is 4.31 Å². The number of carbonyl (C=O) groups excluding carboxylic acids is 1. The molecule has 0 aromatic carbocycles. The number of carbonyl (C=O) groups is 1. The van der Waals surface area contributed by atoms with Crippen LogP contribution in [0.5, 0.6) is 0 Å². The smallest absolute Gasteiger partial charge is 0.244 e. The molecule has 1 amide bonds. The van der Waals surface area contributed by atoms with Crippen LogP contribution in [0.2, 0.25) is 0 Å². The lowest BCUT2D eigenvalue weighted by Gasteiger charge is -2.32. The van der Waals surface area contributed by atoms with Crippen LogP contribution in [-0.2, 0) is 27.9 Å². The highest BCUT2D eigenvalue weighted by atomic mass is 32.2. The summed E-state index contributed by atoms with van der Waals surface area (Å²) in [6, 6.07) is 2.86. The highest BCUT2D eigenvalue weighted by molar-refractivity contribution is 7.89. The first kappa shape index (κ1) is 15.8. The molecule has 0 fully saturated rings. The average Bonchev–Trinajstić information content (AvgIpc) is 3.22. The summed E-state index contributed by atoms with van der Waals surface area (Å²) in [7, 11) is -3.37. The van der Waals surface area contributed by atoms with E-state index in [-0.39, 0.29) is 31.3 Å². The fourth-order valence-corrected chi connectivity index (χ4v) is 3.63. The standard InChI is InChI=1S/C14H18N4O4S/c1-2-23(20,21)17-8-11-6-15-10-18(11)13(9-17)14(19)16-7-12-4-3-5-22-12/h3-6,10,13H,2,7-9H2,1H3,(H,16,19)/t13-/m0/s1. The van der Waals surface area contributed by atoms with E-state index in [1.807, 2.05) is 0 Å². The molecule has 0 bridgehead atoms. The van der Waals surface area contributed by atoms with Gasteiger partial charge in [-0.3, -0.25) is 4.79 Å². The van der Waals surface area contributed by atoms with Gasteiger partial charge >= 0.3 is 0 Å². The molecular formula is C14H18N4O4S. The summed E-state index contributed by atoms with van der Waals surface area (Å²) < 4.78 is 32.5. The number of nitrogens with zero attached hydrogens (tertiary/aromatic N) is 3. The van der Waals surface area contributed by atoms with Crippen LogP contribution in [0.4, 0.5) is 0 Å². The maximum Gasteiger partial charge on any atom is 0.244 e. The molecule has 1 aliphatic rings. The highest BCUT2D eigenvalue weighted by Crippen LogP contribution is 2.23. The molecular weight excluding hydrogens is 320 g/mol. The molecule has 23 heavy (non-hydrogen) atoms. The second-order valence-corrected chi connectivity index (χ2v) is 7.56. The average molecular weight is 338 g/mol. The van der Waals surface area contributed by atoms with Gasteiger partial charge < -0.3 is 14.3 Å². The molecule has 0 saturated carbocycles.